The highest BCUT2D eigenvalue weighted by atomic mass is 16.3. The molecule has 2 aromatic rings. The van der Waals surface area contributed by atoms with Gasteiger partial charge in [0.15, 0.2) is 5.75 Å². The smallest absolute Gasteiger partial charge is 0.179 e. The molecule has 1 aromatic carbocycles. The molecule has 11 heavy (non-hydrogen) atoms. The SMILES string of the molecule is [O]c1ccc2nnccc2c1. The van der Waals surface area contributed by atoms with Crippen molar-refractivity contribution in [3.05, 3.63) is 30.5 Å². The maximum absolute atomic E-state index is 10.8. The van der Waals surface area contributed by atoms with E-state index < -0.39 is 0 Å². The molecule has 0 N–H and O–H groups in total. The average Bonchev–Trinajstić information content (AvgIpc) is 2.04. The molecule has 0 aliphatic heterocycles. The van der Waals surface area contributed by atoms with Crippen LogP contribution in [0.3, 0.4) is 0 Å². The largest absolute Gasteiger partial charge is 0.290 e. The van der Waals surface area contributed by atoms with Gasteiger partial charge in [-0.25, -0.2) is 0 Å². The monoisotopic (exact) mass is 145 g/mol. The molecule has 0 spiro atoms. The number of benzene rings is 1. The van der Waals surface area contributed by atoms with Gasteiger partial charge in [0.2, 0.25) is 0 Å². The van der Waals surface area contributed by atoms with Crippen LogP contribution in [-0.2, 0) is 5.11 Å². The topological polar surface area (TPSA) is 45.7 Å². The van der Waals surface area contributed by atoms with Crippen molar-refractivity contribution < 1.29 is 5.11 Å². The Kier molecular flexibility index (Phi) is 1.22. The second-order valence-electron chi connectivity index (χ2n) is 2.25. The Morgan fingerprint density at radius 1 is 1.18 bits per heavy atom. The molecule has 53 valence electrons. The van der Waals surface area contributed by atoms with Crippen molar-refractivity contribution >= 4 is 10.9 Å². The number of rotatable bonds is 0. The molecule has 2 rings (SSSR count). The van der Waals surface area contributed by atoms with E-state index in [4.69, 9.17) is 0 Å². The van der Waals surface area contributed by atoms with Crippen molar-refractivity contribution in [2.75, 3.05) is 0 Å². The van der Waals surface area contributed by atoms with E-state index in [2.05, 4.69) is 10.2 Å². The Bertz CT molecular complexity index is 387. The Morgan fingerprint density at radius 3 is 3.00 bits per heavy atom. The second kappa shape index (κ2) is 2.20. The van der Waals surface area contributed by atoms with Crippen LogP contribution in [0.5, 0.6) is 5.75 Å². The van der Waals surface area contributed by atoms with Crippen LogP contribution in [0.1, 0.15) is 0 Å². The Morgan fingerprint density at radius 2 is 2.09 bits per heavy atom. The average molecular weight is 145 g/mol. The van der Waals surface area contributed by atoms with Gasteiger partial charge in [-0.3, -0.25) is 5.11 Å². The minimum Gasteiger partial charge on any atom is -0.290 e. The van der Waals surface area contributed by atoms with Gasteiger partial charge in [0.25, 0.3) is 0 Å². The summed E-state index contributed by atoms with van der Waals surface area (Å²) in [6.45, 7) is 0. The lowest BCUT2D eigenvalue weighted by Crippen LogP contribution is -1.80. The summed E-state index contributed by atoms with van der Waals surface area (Å²) < 4.78 is 0. The number of aromatic nitrogens is 2. The minimum atomic E-state index is 0.00509. The van der Waals surface area contributed by atoms with Gasteiger partial charge >= 0.3 is 0 Å². The first-order valence-electron chi connectivity index (χ1n) is 3.25. The summed E-state index contributed by atoms with van der Waals surface area (Å²) in [5.41, 5.74) is 0.757. The number of nitrogens with zero attached hydrogens (tertiary/aromatic N) is 2. The fraction of sp³-hybridized carbons (Fsp3) is 0. The maximum Gasteiger partial charge on any atom is 0.179 e. The zero-order valence-corrected chi connectivity index (χ0v) is 5.69. The maximum atomic E-state index is 10.8. The van der Waals surface area contributed by atoms with Gasteiger partial charge < -0.3 is 0 Å². The van der Waals surface area contributed by atoms with Gasteiger partial charge in [-0.05, 0) is 24.3 Å². The van der Waals surface area contributed by atoms with Crippen LogP contribution < -0.4 is 0 Å². The van der Waals surface area contributed by atoms with E-state index in [1.165, 1.54) is 6.07 Å². The van der Waals surface area contributed by atoms with Crippen LogP contribution in [0.2, 0.25) is 0 Å². The summed E-state index contributed by atoms with van der Waals surface area (Å²) in [6.07, 6.45) is 1.57. The summed E-state index contributed by atoms with van der Waals surface area (Å²) in [4.78, 5) is 0. The molecule has 1 heterocycles. The first-order chi connectivity index (χ1) is 5.36. The van der Waals surface area contributed by atoms with E-state index in [1.807, 2.05) is 0 Å². The van der Waals surface area contributed by atoms with Crippen LogP contribution in [0.4, 0.5) is 0 Å². The Balaban J connectivity index is 2.83. The van der Waals surface area contributed by atoms with Crippen molar-refractivity contribution in [3.63, 3.8) is 0 Å². The number of hydrogen-bond acceptors (Lipinski definition) is 2. The van der Waals surface area contributed by atoms with E-state index in [1.54, 1.807) is 24.4 Å². The molecule has 1 aromatic heterocycles. The number of fused-ring (bicyclic) bond motifs is 1. The summed E-state index contributed by atoms with van der Waals surface area (Å²) in [5.74, 6) is 0.00509. The first kappa shape index (κ1) is 6.09. The quantitative estimate of drug-likeness (QED) is 0.567. The molecule has 0 saturated carbocycles. The van der Waals surface area contributed by atoms with Crippen molar-refractivity contribution in [3.8, 4) is 5.75 Å². The predicted molar refractivity (Wildman–Crippen MR) is 39.7 cm³/mol. The van der Waals surface area contributed by atoms with Gasteiger partial charge in [0, 0.05) is 5.39 Å². The third kappa shape index (κ3) is 1.00. The van der Waals surface area contributed by atoms with Crippen LogP contribution in [0, 0.1) is 0 Å². The van der Waals surface area contributed by atoms with Gasteiger partial charge in [0.05, 0.1) is 11.7 Å². The van der Waals surface area contributed by atoms with E-state index in [9.17, 15) is 5.11 Å². The van der Waals surface area contributed by atoms with E-state index in [0.717, 1.165) is 10.9 Å². The lowest BCUT2D eigenvalue weighted by atomic mass is 10.2. The molecule has 0 atom stereocenters. The Hall–Kier alpha value is -1.64. The molecular formula is C8H5N2O. The zero-order valence-electron chi connectivity index (χ0n) is 5.69. The normalized spacial score (nSPS) is 10.2. The highest BCUT2D eigenvalue weighted by Gasteiger charge is 1.95. The highest BCUT2D eigenvalue weighted by Crippen LogP contribution is 2.16. The van der Waals surface area contributed by atoms with Crippen LogP contribution >= 0.6 is 0 Å². The summed E-state index contributed by atoms with van der Waals surface area (Å²) in [5, 5.41) is 19.2. The van der Waals surface area contributed by atoms with Gasteiger partial charge in [-0.2, -0.15) is 10.2 Å². The fourth-order valence-electron chi connectivity index (χ4n) is 0.966. The first-order valence-corrected chi connectivity index (χ1v) is 3.25. The Labute approximate surface area is 63.3 Å². The molecule has 0 unspecified atom stereocenters. The molecular weight excluding hydrogens is 140 g/mol. The fourth-order valence-corrected chi connectivity index (χ4v) is 0.966. The molecule has 0 amide bonds. The molecule has 0 aliphatic rings. The van der Waals surface area contributed by atoms with Gasteiger partial charge in [-0.1, -0.05) is 0 Å². The lowest BCUT2D eigenvalue weighted by molar-refractivity contribution is 0.355. The zero-order chi connectivity index (χ0) is 7.68. The van der Waals surface area contributed by atoms with Crippen LogP contribution in [-0.4, -0.2) is 10.2 Å². The molecule has 0 bridgehead atoms. The van der Waals surface area contributed by atoms with Crippen molar-refractivity contribution in [1.82, 2.24) is 10.2 Å². The van der Waals surface area contributed by atoms with E-state index in [-0.39, 0.29) is 5.75 Å². The van der Waals surface area contributed by atoms with Crippen molar-refractivity contribution in [1.29, 1.82) is 0 Å². The molecule has 3 nitrogen and oxygen atoms in total. The van der Waals surface area contributed by atoms with Crippen molar-refractivity contribution in [2.45, 2.75) is 0 Å². The third-order valence-electron chi connectivity index (χ3n) is 1.49. The second-order valence-corrected chi connectivity index (χ2v) is 2.25. The van der Waals surface area contributed by atoms with Gasteiger partial charge in [0.1, 0.15) is 0 Å². The van der Waals surface area contributed by atoms with E-state index >= 15 is 0 Å². The van der Waals surface area contributed by atoms with Crippen LogP contribution in [0.25, 0.3) is 10.9 Å². The lowest BCUT2D eigenvalue weighted by Gasteiger charge is -1.92. The third-order valence-corrected chi connectivity index (χ3v) is 1.49. The predicted octanol–water partition coefficient (Wildman–Crippen LogP) is 1.77. The van der Waals surface area contributed by atoms with Gasteiger partial charge in [-0.15, -0.1) is 0 Å². The molecule has 0 aliphatic carbocycles. The molecule has 0 saturated heterocycles. The summed E-state index contributed by atoms with van der Waals surface area (Å²) in [6, 6.07) is 6.47. The molecule has 1 radical (unpaired) electrons. The minimum absolute atomic E-state index is 0.00509. The summed E-state index contributed by atoms with van der Waals surface area (Å²) in [7, 11) is 0. The van der Waals surface area contributed by atoms with Crippen molar-refractivity contribution in [2.24, 2.45) is 0 Å². The van der Waals surface area contributed by atoms with E-state index in [0.29, 0.717) is 0 Å². The van der Waals surface area contributed by atoms with Crippen LogP contribution in [0.15, 0.2) is 30.5 Å². The summed E-state index contributed by atoms with van der Waals surface area (Å²) >= 11 is 0. The standard InChI is InChI=1S/C8H5N2O/c11-7-1-2-8-6(5-7)3-4-9-10-8/h1-5H. The number of hydrogen-bond donors (Lipinski definition) is 0. The molecule has 0 fully saturated rings. The highest BCUT2D eigenvalue weighted by molar-refractivity contribution is 5.78. The molecule has 3 heteroatoms.